The molecule has 416 valence electrons. The first-order chi connectivity index (χ1) is 36.2. The number of unbranched alkanes of at least 4 members (excludes halogenated alkanes) is 28. The van der Waals surface area contributed by atoms with E-state index in [4.69, 9.17) is 0 Å². The fourth-order valence-electron chi connectivity index (χ4n) is 8.72. The Kier molecular flexibility index (Phi) is 59.8. The number of allylic oxidation sites excluding steroid dienone is 21. The Hall–Kier alpha value is -3.47. The van der Waals surface area contributed by atoms with Crippen LogP contribution in [0.2, 0.25) is 0 Å². The van der Waals surface area contributed by atoms with Gasteiger partial charge in [0.2, 0.25) is 5.91 Å². The standard InChI is InChI=1S/C69H117NO3/c1-3-5-7-9-11-13-15-17-19-21-23-25-27-29-31-32-33-34-35-36-37-38-39-41-43-45-47-49-51-53-55-57-59-61-63-65-69(73)70-67(66-71)68(72)64-62-60-58-56-54-52-50-48-46-44-42-40-30-28-26-24-22-20-18-16-14-12-10-8-6-4-2/h5,7,11,13,17,19,23,25,29,31,33-34,36-37,39,41,45,47,54,56,62,64,67-68,71-72H,3-4,6,8-10,12,14-16,18,20-22,24,26-28,30,32,35,38,40,42-44,46,48-53,55,57-61,63,65-66H2,1-2H3,(H,70,73)/b7-5-,13-11-,19-17-,25-23-,31-29-,34-33-,37-36-,41-39-,47-45-,56-54+,64-62+. The van der Waals surface area contributed by atoms with Crippen molar-refractivity contribution in [3.05, 3.63) is 134 Å². The Balaban J connectivity index is 3.64. The monoisotopic (exact) mass is 1010 g/mol. The maximum absolute atomic E-state index is 12.5. The molecule has 2 atom stereocenters. The first-order valence-corrected chi connectivity index (χ1v) is 30.9. The summed E-state index contributed by atoms with van der Waals surface area (Å²) in [6.07, 6.45) is 97.7. The van der Waals surface area contributed by atoms with E-state index in [1.807, 2.05) is 6.08 Å². The Morgan fingerprint density at radius 3 is 0.959 bits per heavy atom. The highest BCUT2D eigenvalue weighted by molar-refractivity contribution is 5.76. The van der Waals surface area contributed by atoms with Crippen LogP contribution in [0.5, 0.6) is 0 Å². The van der Waals surface area contributed by atoms with Gasteiger partial charge >= 0.3 is 0 Å². The number of carbonyl (C=O) groups is 1. The molecular weight excluding hydrogens is 891 g/mol. The Morgan fingerprint density at radius 2 is 0.616 bits per heavy atom. The average molecular weight is 1010 g/mol. The molecule has 0 aliphatic heterocycles. The summed E-state index contributed by atoms with van der Waals surface area (Å²) in [5, 5.41) is 23.2. The van der Waals surface area contributed by atoms with E-state index >= 15 is 0 Å². The lowest BCUT2D eigenvalue weighted by atomic mass is 10.0. The van der Waals surface area contributed by atoms with Gasteiger partial charge in [0.1, 0.15) is 0 Å². The number of rotatable bonds is 55. The van der Waals surface area contributed by atoms with E-state index in [0.29, 0.717) is 6.42 Å². The quantitative estimate of drug-likeness (QED) is 0.0420. The third kappa shape index (κ3) is 59.3. The SMILES string of the molecule is CC/C=C\C/C=C\C/C=C\C/C=C\C/C=C\C/C=C\C/C=C\C/C=C\C/C=C\CCCCCCCCCC(=O)NC(CO)C(O)/C=C/CC/C=C/CCCCCCCCCCCCCCCCCCCCCC. The van der Waals surface area contributed by atoms with Crippen molar-refractivity contribution in [2.75, 3.05) is 6.61 Å². The van der Waals surface area contributed by atoms with Crippen LogP contribution in [0, 0.1) is 0 Å². The molecule has 2 unspecified atom stereocenters. The van der Waals surface area contributed by atoms with Gasteiger partial charge < -0.3 is 15.5 Å². The van der Waals surface area contributed by atoms with Crippen LogP contribution in [0.1, 0.15) is 277 Å². The zero-order valence-corrected chi connectivity index (χ0v) is 47.9. The van der Waals surface area contributed by atoms with E-state index in [0.717, 1.165) is 103 Å². The minimum atomic E-state index is -0.878. The summed E-state index contributed by atoms with van der Waals surface area (Å²) in [6, 6.07) is -0.657. The summed E-state index contributed by atoms with van der Waals surface area (Å²) in [5.41, 5.74) is 0. The minimum absolute atomic E-state index is 0.0885. The molecule has 0 spiro atoms. The molecule has 0 saturated carbocycles. The predicted molar refractivity (Wildman–Crippen MR) is 326 cm³/mol. The van der Waals surface area contributed by atoms with Crippen molar-refractivity contribution in [3.63, 3.8) is 0 Å². The number of aliphatic hydroxyl groups excluding tert-OH is 2. The zero-order chi connectivity index (χ0) is 52.7. The summed E-state index contributed by atoms with van der Waals surface area (Å²) >= 11 is 0. The second-order valence-corrected chi connectivity index (χ2v) is 20.4. The highest BCUT2D eigenvalue weighted by Gasteiger charge is 2.18. The molecule has 0 rings (SSSR count). The second-order valence-electron chi connectivity index (χ2n) is 20.4. The number of carbonyl (C=O) groups excluding carboxylic acids is 1. The van der Waals surface area contributed by atoms with Crippen molar-refractivity contribution in [2.24, 2.45) is 0 Å². The number of hydrogen-bond donors (Lipinski definition) is 3. The van der Waals surface area contributed by atoms with Crippen LogP contribution in [-0.4, -0.2) is 34.9 Å². The Bertz CT molecular complexity index is 1470. The average Bonchev–Trinajstić information content (AvgIpc) is 3.40. The van der Waals surface area contributed by atoms with Gasteiger partial charge in [0.15, 0.2) is 0 Å². The van der Waals surface area contributed by atoms with Crippen LogP contribution in [0.15, 0.2) is 134 Å². The molecule has 4 nitrogen and oxygen atoms in total. The number of aliphatic hydroxyl groups is 2. The smallest absolute Gasteiger partial charge is 0.220 e. The van der Waals surface area contributed by atoms with Crippen molar-refractivity contribution < 1.29 is 15.0 Å². The second kappa shape index (κ2) is 62.8. The molecule has 0 aromatic heterocycles. The Morgan fingerprint density at radius 1 is 0.342 bits per heavy atom. The molecule has 0 aromatic rings. The van der Waals surface area contributed by atoms with Gasteiger partial charge in [0, 0.05) is 6.42 Å². The van der Waals surface area contributed by atoms with Gasteiger partial charge in [-0.2, -0.15) is 0 Å². The fraction of sp³-hybridized carbons (Fsp3) is 0.667. The number of hydrogen-bond acceptors (Lipinski definition) is 3. The van der Waals surface area contributed by atoms with Crippen LogP contribution < -0.4 is 5.32 Å². The topological polar surface area (TPSA) is 69.6 Å². The first-order valence-electron chi connectivity index (χ1n) is 30.9. The molecule has 0 heterocycles. The molecule has 0 saturated heterocycles. The van der Waals surface area contributed by atoms with Crippen molar-refractivity contribution in [1.29, 1.82) is 0 Å². The predicted octanol–water partition coefficient (Wildman–Crippen LogP) is 21.0. The van der Waals surface area contributed by atoms with Gasteiger partial charge in [0.25, 0.3) is 0 Å². The van der Waals surface area contributed by atoms with E-state index < -0.39 is 12.1 Å². The van der Waals surface area contributed by atoms with E-state index in [1.165, 1.54) is 154 Å². The van der Waals surface area contributed by atoms with Crippen LogP contribution in [-0.2, 0) is 4.79 Å². The third-order valence-electron chi connectivity index (χ3n) is 13.4. The van der Waals surface area contributed by atoms with Crippen molar-refractivity contribution in [2.45, 2.75) is 289 Å². The highest BCUT2D eigenvalue weighted by Crippen LogP contribution is 2.16. The molecule has 0 aromatic carbocycles. The first kappa shape index (κ1) is 69.5. The maximum Gasteiger partial charge on any atom is 0.220 e. The largest absolute Gasteiger partial charge is 0.394 e. The molecule has 0 fully saturated rings. The van der Waals surface area contributed by atoms with Crippen LogP contribution in [0.25, 0.3) is 0 Å². The van der Waals surface area contributed by atoms with Crippen molar-refractivity contribution in [1.82, 2.24) is 5.32 Å². The minimum Gasteiger partial charge on any atom is -0.394 e. The number of nitrogens with one attached hydrogen (secondary N) is 1. The van der Waals surface area contributed by atoms with Crippen LogP contribution in [0.3, 0.4) is 0 Å². The fourth-order valence-corrected chi connectivity index (χ4v) is 8.72. The van der Waals surface area contributed by atoms with Gasteiger partial charge in [0.05, 0.1) is 18.8 Å². The summed E-state index contributed by atoms with van der Waals surface area (Å²) in [4.78, 5) is 12.5. The molecular formula is C69H117NO3. The molecule has 0 aliphatic carbocycles. The molecule has 73 heavy (non-hydrogen) atoms. The van der Waals surface area contributed by atoms with Gasteiger partial charge in [-0.3, -0.25) is 4.79 Å². The molecule has 0 bridgehead atoms. The van der Waals surface area contributed by atoms with Crippen LogP contribution in [0.4, 0.5) is 0 Å². The van der Waals surface area contributed by atoms with Crippen molar-refractivity contribution in [3.8, 4) is 0 Å². The molecule has 0 radical (unpaired) electrons. The summed E-state index contributed by atoms with van der Waals surface area (Å²) < 4.78 is 0. The van der Waals surface area contributed by atoms with Gasteiger partial charge in [-0.25, -0.2) is 0 Å². The number of amides is 1. The maximum atomic E-state index is 12.5. The van der Waals surface area contributed by atoms with Gasteiger partial charge in [-0.1, -0.05) is 302 Å². The molecule has 0 aliphatic rings. The molecule has 4 heteroatoms. The highest BCUT2D eigenvalue weighted by atomic mass is 16.3. The van der Waals surface area contributed by atoms with E-state index in [-0.39, 0.29) is 12.5 Å². The lowest BCUT2D eigenvalue weighted by Crippen LogP contribution is -2.45. The summed E-state index contributed by atoms with van der Waals surface area (Å²) in [6.45, 7) is 4.19. The normalized spacial score (nSPS) is 13.8. The summed E-state index contributed by atoms with van der Waals surface area (Å²) in [7, 11) is 0. The Labute approximate surface area is 453 Å². The summed E-state index contributed by atoms with van der Waals surface area (Å²) in [5.74, 6) is -0.0885. The van der Waals surface area contributed by atoms with E-state index in [2.05, 4.69) is 141 Å². The van der Waals surface area contributed by atoms with Gasteiger partial charge in [-0.05, 0) is 103 Å². The lowest BCUT2D eigenvalue weighted by molar-refractivity contribution is -0.123. The van der Waals surface area contributed by atoms with Crippen molar-refractivity contribution >= 4 is 5.91 Å². The van der Waals surface area contributed by atoms with Crippen LogP contribution >= 0.6 is 0 Å². The third-order valence-corrected chi connectivity index (χ3v) is 13.4. The lowest BCUT2D eigenvalue weighted by Gasteiger charge is -2.19. The van der Waals surface area contributed by atoms with E-state index in [1.54, 1.807) is 6.08 Å². The molecule has 1 amide bonds. The zero-order valence-electron chi connectivity index (χ0n) is 47.9. The van der Waals surface area contributed by atoms with E-state index in [9.17, 15) is 15.0 Å². The van der Waals surface area contributed by atoms with Gasteiger partial charge in [-0.15, -0.1) is 0 Å². The molecule has 3 N–H and O–H groups in total.